The summed E-state index contributed by atoms with van der Waals surface area (Å²) in [4.78, 5) is 1.25. The van der Waals surface area contributed by atoms with Gasteiger partial charge in [0.25, 0.3) is 0 Å². The molecule has 0 bridgehead atoms. The molecule has 118 valence electrons. The summed E-state index contributed by atoms with van der Waals surface area (Å²) in [5.41, 5.74) is 2.48. The zero-order valence-electron chi connectivity index (χ0n) is 13.0. The zero-order valence-corrected chi connectivity index (χ0v) is 16.7. The fraction of sp³-hybridized carbons (Fsp3) is 0.0476. The fourth-order valence-electron chi connectivity index (χ4n) is 3.24. The number of benzene rings is 4. The Hall–Kier alpha value is -1.23. The van der Waals surface area contributed by atoms with Crippen LogP contribution in [0.3, 0.4) is 0 Å². The SMILES string of the molecule is CSc1ccc(Cl)cc1-c1c(I)c2ccccc2c2ccccc12. The van der Waals surface area contributed by atoms with Gasteiger partial charge in [-0.2, -0.15) is 0 Å². The molecular formula is C21H14ClIS. The lowest BCUT2D eigenvalue weighted by molar-refractivity contribution is 1.46. The van der Waals surface area contributed by atoms with Crippen LogP contribution in [0.5, 0.6) is 0 Å². The Kier molecular flexibility index (Phi) is 4.46. The molecule has 0 heterocycles. The van der Waals surface area contributed by atoms with E-state index in [1.807, 2.05) is 6.07 Å². The highest BCUT2D eigenvalue weighted by Crippen LogP contribution is 2.43. The molecule has 0 fully saturated rings. The topological polar surface area (TPSA) is 0 Å². The first-order chi connectivity index (χ1) is 11.7. The summed E-state index contributed by atoms with van der Waals surface area (Å²) in [6.45, 7) is 0. The smallest absolute Gasteiger partial charge is 0.0412 e. The predicted octanol–water partition coefficient (Wildman–Crippen LogP) is 7.64. The van der Waals surface area contributed by atoms with Gasteiger partial charge in [0, 0.05) is 19.1 Å². The van der Waals surface area contributed by atoms with E-state index in [-0.39, 0.29) is 0 Å². The summed E-state index contributed by atoms with van der Waals surface area (Å²) in [7, 11) is 0. The number of halogens is 2. The van der Waals surface area contributed by atoms with Crippen molar-refractivity contribution in [2.24, 2.45) is 0 Å². The Morgan fingerprint density at radius 1 is 0.792 bits per heavy atom. The highest BCUT2D eigenvalue weighted by Gasteiger charge is 2.16. The molecule has 0 aliphatic heterocycles. The van der Waals surface area contributed by atoms with Crippen LogP contribution in [0.25, 0.3) is 32.7 Å². The summed E-state index contributed by atoms with van der Waals surface area (Å²) >= 11 is 10.6. The molecule has 3 heteroatoms. The number of hydrogen-bond acceptors (Lipinski definition) is 1. The first-order valence-electron chi connectivity index (χ1n) is 7.63. The van der Waals surface area contributed by atoms with E-state index in [0.717, 1.165) is 5.02 Å². The van der Waals surface area contributed by atoms with Crippen LogP contribution in [0.1, 0.15) is 0 Å². The number of fused-ring (bicyclic) bond motifs is 3. The van der Waals surface area contributed by atoms with E-state index in [1.165, 1.54) is 41.1 Å². The molecule has 0 aromatic heterocycles. The molecule has 24 heavy (non-hydrogen) atoms. The van der Waals surface area contributed by atoms with Crippen LogP contribution in [0.15, 0.2) is 71.6 Å². The Morgan fingerprint density at radius 3 is 2.04 bits per heavy atom. The van der Waals surface area contributed by atoms with Crippen molar-refractivity contribution < 1.29 is 0 Å². The minimum atomic E-state index is 0.774. The van der Waals surface area contributed by atoms with Crippen LogP contribution in [-0.2, 0) is 0 Å². The third-order valence-corrected chi connectivity index (χ3v) is 6.45. The molecule has 0 saturated heterocycles. The fourth-order valence-corrected chi connectivity index (χ4v) is 5.05. The van der Waals surface area contributed by atoms with Crippen molar-refractivity contribution in [2.75, 3.05) is 6.26 Å². The number of thioether (sulfide) groups is 1. The Labute approximate surface area is 164 Å². The van der Waals surface area contributed by atoms with Crippen molar-refractivity contribution in [3.63, 3.8) is 0 Å². The van der Waals surface area contributed by atoms with Gasteiger partial charge in [0.2, 0.25) is 0 Å². The number of hydrogen-bond donors (Lipinski definition) is 0. The van der Waals surface area contributed by atoms with Gasteiger partial charge in [0.15, 0.2) is 0 Å². The van der Waals surface area contributed by atoms with Crippen LogP contribution >= 0.6 is 46.0 Å². The highest BCUT2D eigenvalue weighted by atomic mass is 127. The van der Waals surface area contributed by atoms with Crippen LogP contribution in [-0.4, -0.2) is 6.26 Å². The summed E-state index contributed by atoms with van der Waals surface area (Å²) in [5, 5.41) is 5.93. The predicted molar refractivity (Wildman–Crippen MR) is 116 cm³/mol. The summed E-state index contributed by atoms with van der Waals surface area (Å²) in [6, 6.07) is 23.4. The van der Waals surface area contributed by atoms with Gasteiger partial charge in [0.1, 0.15) is 0 Å². The zero-order chi connectivity index (χ0) is 16.7. The van der Waals surface area contributed by atoms with Gasteiger partial charge in [-0.25, -0.2) is 0 Å². The lowest BCUT2D eigenvalue weighted by Gasteiger charge is -2.16. The standard InChI is InChI=1S/C21H14ClIS/c1-24-19-11-10-13(22)12-18(19)20-16-8-4-2-6-14(16)15-7-3-5-9-17(15)21(20)23/h2-12H,1H3. The van der Waals surface area contributed by atoms with Crippen molar-refractivity contribution >= 4 is 67.5 Å². The molecule has 0 atom stereocenters. The van der Waals surface area contributed by atoms with E-state index in [9.17, 15) is 0 Å². The maximum Gasteiger partial charge on any atom is 0.0412 e. The lowest BCUT2D eigenvalue weighted by Crippen LogP contribution is -1.91. The van der Waals surface area contributed by atoms with Crippen LogP contribution in [0.4, 0.5) is 0 Å². The summed E-state index contributed by atoms with van der Waals surface area (Å²) in [5.74, 6) is 0. The second-order valence-electron chi connectivity index (χ2n) is 5.62. The monoisotopic (exact) mass is 460 g/mol. The minimum absolute atomic E-state index is 0.774. The molecule has 0 aliphatic carbocycles. The van der Waals surface area contributed by atoms with E-state index >= 15 is 0 Å². The third-order valence-electron chi connectivity index (χ3n) is 4.30. The molecule has 0 aliphatic rings. The van der Waals surface area contributed by atoms with Crippen molar-refractivity contribution in [2.45, 2.75) is 4.90 Å². The molecule has 4 rings (SSSR count). The quantitative estimate of drug-likeness (QED) is 0.168. The highest BCUT2D eigenvalue weighted by molar-refractivity contribution is 14.1. The maximum atomic E-state index is 6.33. The van der Waals surface area contributed by atoms with Gasteiger partial charge in [-0.15, -0.1) is 11.8 Å². The summed E-state index contributed by atoms with van der Waals surface area (Å²) in [6.07, 6.45) is 2.11. The molecule has 4 aromatic carbocycles. The number of rotatable bonds is 2. The van der Waals surface area contributed by atoms with Gasteiger partial charge < -0.3 is 0 Å². The van der Waals surface area contributed by atoms with E-state index < -0.39 is 0 Å². The second-order valence-corrected chi connectivity index (χ2v) is 7.99. The molecule has 0 radical (unpaired) electrons. The Bertz CT molecular complexity index is 1070. The summed E-state index contributed by atoms with van der Waals surface area (Å²) < 4.78 is 1.28. The Balaban J connectivity index is 2.23. The maximum absolute atomic E-state index is 6.33. The molecule has 0 saturated carbocycles. The van der Waals surface area contributed by atoms with Crippen molar-refractivity contribution in [1.82, 2.24) is 0 Å². The average Bonchev–Trinajstić information content (AvgIpc) is 2.62. The molecule has 0 amide bonds. The first kappa shape index (κ1) is 16.2. The van der Waals surface area contributed by atoms with E-state index in [4.69, 9.17) is 11.6 Å². The third kappa shape index (κ3) is 2.61. The van der Waals surface area contributed by atoms with E-state index in [1.54, 1.807) is 11.8 Å². The lowest BCUT2D eigenvalue weighted by atomic mass is 9.93. The van der Waals surface area contributed by atoms with Gasteiger partial charge >= 0.3 is 0 Å². The second kappa shape index (κ2) is 6.58. The molecular weight excluding hydrogens is 447 g/mol. The van der Waals surface area contributed by atoms with Gasteiger partial charge in [-0.05, 0) is 74.2 Å². The van der Waals surface area contributed by atoms with Crippen molar-refractivity contribution in [3.8, 4) is 11.1 Å². The normalized spacial score (nSPS) is 11.3. The van der Waals surface area contributed by atoms with Crippen LogP contribution in [0.2, 0.25) is 5.02 Å². The van der Waals surface area contributed by atoms with E-state index in [2.05, 4.69) is 89.5 Å². The average molecular weight is 461 g/mol. The molecule has 0 unspecified atom stereocenters. The largest absolute Gasteiger partial charge is 0.129 e. The van der Waals surface area contributed by atoms with Crippen molar-refractivity contribution in [1.29, 1.82) is 0 Å². The van der Waals surface area contributed by atoms with E-state index in [0.29, 0.717) is 0 Å². The van der Waals surface area contributed by atoms with Crippen LogP contribution in [0, 0.1) is 3.57 Å². The molecule has 0 nitrogen and oxygen atoms in total. The van der Waals surface area contributed by atoms with Crippen LogP contribution < -0.4 is 0 Å². The van der Waals surface area contributed by atoms with Gasteiger partial charge in [-0.3, -0.25) is 0 Å². The molecule has 4 aromatic rings. The molecule has 0 N–H and O–H groups in total. The Morgan fingerprint density at radius 2 is 1.38 bits per heavy atom. The first-order valence-corrected chi connectivity index (χ1v) is 10.3. The van der Waals surface area contributed by atoms with Gasteiger partial charge in [0.05, 0.1) is 0 Å². The van der Waals surface area contributed by atoms with Gasteiger partial charge in [-0.1, -0.05) is 60.1 Å². The minimum Gasteiger partial charge on any atom is -0.129 e. The molecule has 0 spiro atoms. The van der Waals surface area contributed by atoms with Crippen molar-refractivity contribution in [3.05, 3.63) is 75.3 Å².